The van der Waals surface area contributed by atoms with Crippen LogP contribution in [0.4, 0.5) is 4.79 Å². The summed E-state index contributed by atoms with van der Waals surface area (Å²) < 4.78 is 10.1. The van der Waals surface area contributed by atoms with Crippen LogP contribution in [0.1, 0.15) is 17.2 Å². The van der Waals surface area contributed by atoms with E-state index in [1.807, 2.05) is 36.4 Å². The summed E-state index contributed by atoms with van der Waals surface area (Å²) >= 11 is 0. The molecule has 1 heterocycles. The van der Waals surface area contributed by atoms with Crippen LogP contribution in [0.3, 0.4) is 0 Å². The van der Waals surface area contributed by atoms with Crippen LogP contribution in [0.2, 0.25) is 0 Å². The molecule has 1 aliphatic heterocycles. The fraction of sp³-hybridized carbons (Fsp3) is 0.182. The highest BCUT2D eigenvalue weighted by Gasteiger charge is 2.38. The van der Waals surface area contributed by atoms with Crippen LogP contribution in [0, 0.1) is 0 Å². The number of benzene rings is 1. The largest absolute Gasteiger partial charge is 0.509 e. The highest BCUT2D eigenvalue weighted by molar-refractivity contribution is 5.67. The number of carbonyl (C=O) groups excluding carboxylic acids is 1. The maximum Gasteiger partial charge on any atom is 0.509 e. The van der Waals surface area contributed by atoms with Crippen molar-refractivity contribution in [2.45, 2.75) is 12.2 Å². The van der Waals surface area contributed by atoms with Crippen molar-refractivity contribution < 1.29 is 14.3 Å². The Balaban J connectivity index is 2.11. The summed E-state index contributed by atoms with van der Waals surface area (Å²) in [4.78, 5) is 10.9. The average molecular weight is 188 g/mol. The van der Waals surface area contributed by atoms with Gasteiger partial charge in [0.1, 0.15) is 0 Å². The number of carbonyl (C=O) groups is 1. The fourth-order valence-corrected chi connectivity index (χ4v) is 1.87. The lowest BCUT2D eigenvalue weighted by Crippen LogP contribution is -2.16. The molecular weight excluding hydrogens is 180 g/mol. The molecule has 1 fully saturated rings. The Kier molecular flexibility index (Phi) is 1.42. The van der Waals surface area contributed by atoms with E-state index in [4.69, 9.17) is 9.47 Å². The Morgan fingerprint density at radius 2 is 2.00 bits per heavy atom. The molecular formula is C11H8O3. The van der Waals surface area contributed by atoms with Crippen LogP contribution in [0.5, 0.6) is 0 Å². The zero-order valence-corrected chi connectivity index (χ0v) is 7.34. The highest BCUT2D eigenvalue weighted by atomic mass is 16.8. The van der Waals surface area contributed by atoms with E-state index in [0.29, 0.717) is 0 Å². The van der Waals surface area contributed by atoms with Crippen LogP contribution < -0.4 is 0 Å². The molecule has 70 valence electrons. The minimum absolute atomic E-state index is 0.252. The molecule has 0 aromatic heterocycles. The fourth-order valence-electron chi connectivity index (χ4n) is 1.87. The first-order chi connectivity index (χ1) is 6.84. The summed E-state index contributed by atoms with van der Waals surface area (Å²) in [5.41, 5.74) is 2.11. The second-order valence-electron chi connectivity index (χ2n) is 3.36. The standard InChI is InChI=1S/C11H8O3/c12-11-13-9-6-5-7-3-1-2-4-8(7)10(9)14-11/h1-6,9-10H. The molecule has 3 nitrogen and oxygen atoms in total. The van der Waals surface area contributed by atoms with Crippen molar-refractivity contribution in [2.75, 3.05) is 0 Å². The second-order valence-corrected chi connectivity index (χ2v) is 3.36. The molecule has 0 radical (unpaired) electrons. The van der Waals surface area contributed by atoms with Gasteiger partial charge >= 0.3 is 6.16 Å². The van der Waals surface area contributed by atoms with Crippen molar-refractivity contribution in [3.05, 3.63) is 41.5 Å². The molecule has 0 N–H and O–H groups in total. The topological polar surface area (TPSA) is 35.5 Å². The van der Waals surface area contributed by atoms with Gasteiger partial charge in [0, 0.05) is 5.56 Å². The normalized spacial score (nSPS) is 27.6. The molecule has 2 aliphatic rings. The quantitative estimate of drug-likeness (QED) is 0.586. The average Bonchev–Trinajstić information content (AvgIpc) is 2.59. The van der Waals surface area contributed by atoms with Crippen molar-refractivity contribution in [2.24, 2.45) is 0 Å². The van der Waals surface area contributed by atoms with Crippen molar-refractivity contribution in [3.8, 4) is 0 Å². The number of ether oxygens (including phenoxy) is 2. The Hall–Kier alpha value is -1.77. The first-order valence-corrected chi connectivity index (χ1v) is 4.49. The van der Waals surface area contributed by atoms with Gasteiger partial charge in [-0.3, -0.25) is 0 Å². The van der Waals surface area contributed by atoms with Gasteiger partial charge in [-0.1, -0.05) is 30.3 Å². The minimum atomic E-state index is -0.582. The van der Waals surface area contributed by atoms with E-state index in [2.05, 4.69) is 0 Å². The van der Waals surface area contributed by atoms with Gasteiger partial charge < -0.3 is 9.47 Å². The van der Waals surface area contributed by atoms with E-state index >= 15 is 0 Å². The third kappa shape index (κ3) is 0.954. The van der Waals surface area contributed by atoms with Gasteiger partial charge in [0.25, 0.3) is 0 Å². The Bertz CT molecular complexity index is 422. The maximum absolute atomic E-state index is 10.9. The molecule has 3 heteroatoms. The molecule has 0 bridgehead atoms. The van der Waals surface area contributed by atoms with Crippen LogP contribution in [0.25, 0.3) is 6.08 Å². The van der Waals surface area contributed by atoms with E-state index in [-0.39, 0.29) is 12.2 Å². The van der Waals surface area contributed by atoms with Gasteiger partial charge in [-0.05, 0) is 11.6 Å². The monoisotopic (exact) mass is 188 g/mol. The first kappa shape index (κ1) is 7.62. The van der Waals surface area contributed by atoms with E-state index in [0.717, 1.165) is 11.1 Å². The summed E-state index contributed by atoms with van der Waals surface area (Å²) in [7, 11) is 0. The molecule has 1 aromatic rings. The van der Waals surface area contributed by atoms with E-state index in [9.17, 15) is 4.79 Å². The number of hydrogen-bond acceptors (Lipinski definition) is 3. The highest BCUT2D eigenvalue weighted by Crippen LogP contribution is 2.36. The summed E-state index contributed by atoms with van der Waals surface area (Å²) in [5, 5.41) is 0. The van der Waals surface area contributed by atoms with Crippen molar-refractivity contribution in [1.82, 2.24) is 0 Å². The summed E-state index contributed by atoms with van der Waals surface area (Å²) in [6.07, 6.45) is 2.72. The van der Waals surface area contributed by atoms with E-state index < -0.39 is 6.16 Å². The number of hydrogen-bond donors (Lipinski definition) is 0. The molecule has 14 heavy (non-hydrogen) atoms. The van der Waals surface area contributed by atoms with Crippen molar-refractivity contribution in [3.63, 3.8) is 0 Å². The number of fused-ring (bicyclic) bond motifs is 3. The van der Waals surface area contributed by atoms with Crippen LogP contribution in [-0.4, -0.2) is 12.3 Å². The van der Waals surface area contributed by atoms with Crippen molar-refractivity contribution >= 4 is 12.2 Å². The lowest BCUT2D eigenvalue weighted by Gasteiger charge is -2.18. The predicted molar refractivity (Wildman–Crippen MR) is 49.6 cm³/mol. The third-order valence-electron chi connectivity index (χ3n) is 2.52. The molecule has 2 atom stereocenters. The van der Waals surface area contributed by atoms with E-state index in [1.54, 1.807) is 0 Å². The summed E-state index contributed by atoms with van der Waals surface area (Å²) in [5.74, 6) is 0. The van der Waals surface area contributed by atoms with Gasteiger partial charge in [0.15, 0.2) is 12.2 Å². The van der Waals surface area contributed by atoms with E-state index in [1.165, 1.54) is 0 Å². The summed E-state index contributed by atoms with van der Waals surface area (Å²) in [6.45, 7) is 0. The molecule has 0 amide bonds. The molecule has 3 rings (SSSR count). The zero-order chi connectivity index (χ0) is 9.54. The Labute approximate surface area is 80.9 Å². The lowest BCUT2D eigenvalue weighted by molar-refractivity contribution is 0.117. The Morgan fingerprint density at radius 3 is 2.93 bits per heavy atom. The van der Waals surface area contributed by atoms with Crippen LogP contribution in [0.15, 0.2) is 30.3 Å². The smallest absolute Gasteiger partial charge is 0.422 e. The second kappa shape index (κ2) is 2.61. The SMILES string of the molecule is O=C1OC2C=Cc3ccccc3C2O1. The molecule has 0 saturated carbocycles. The first-order valence-electron chi connectivity index (χ1n) is 4.49. The maximum atomic E-state index is 10.9. The van der Waals surface area contributed by atoms with Gasteiger partial charge in [-0.2, -0.15) is 0 Å². The molecule has 1 aromatic carbocycles. The van der Waals surface area contributed by atoms with Crippen LogP contribution >= 0.6 is 0 Å². The molecule has 2 unspecified atom stereocenters. The summed E-state index contributed by atoms with van der Waals surface area (Å²) in [6, 6.07) is 7.84. The minimum Gasteiger partial charge on any atom is -0.422 e. The predicted octanol–water partition coefficient (Wildman–Crippen LogP) is 2.29. The van der Waals surface area contributed by atoms with Crippen LogP contribution in [-0.2, 0) is 9.47 Å². The molecule has 1 aliphatic carbocycles. The van der Waals surface area contributed by atoms with Gasteiger partial charge in [-0.25, -0.2) is 4.79 Å². The van der Waals surface area contributed by atoms with Gasteiger partial charge in [-0.15, -0.1) is 0 Å². The van der Waals surface area contributed by atoms with Gasteiger partial charge in [0.05, 0.1) is 0 Å². The lowest BCUT2D eigenvalue weighted by atomic mass is 9.93. The third-order valence-corrected chi connectivity index (χ3v) is 2.52. The number of rotatable bonds is 0. The Morgan fingerprint density at radius 1 is 1.14 bits per heavy atom. The zero-order valence-electron chi connectivity index (χ0n) is 7.34. The van der Waals surface area contributed by atoms with Gasteiger partial charge in [0.2, 0.25) is 0 Å². The van der Waals surface area contributed by atoms with Crippen molar-refractivity contribution in [1.29, 1.82) is 0 Å². The molecule has 0 spiro atoms. The molecule has 1 saturated heterocycles.